The molecular weight excluding hydrogens is 158 g/mol. The number of rotatable bonds is 2. The Bertz CT molecular complexity index is 219. The third-order valence-corrected chi connectivity index (χ3v) is 2.37. The summed E-state index contributed by atoms with van der Waals surface area (Å²) in [5.74, 6) is 0. The molecule has 0 aromatic rings. The Hall–Kier alpha value is -0.780. The molecule has 60 valence electrons. The van der Waals surface area contributed by atoms with Crippen LogP contribution < -0.4 is 5.32 Å². The minimum absolute atomic E-state index is 0.966. The predicted molar refractivity (Wildman–Crippen MR) is 35.5 cm³/mol. The average Bonchev–Trinajstić information content (AvgIpc) is 1.60. The first-order valence-electron chi connectivity index (χ1n) is 2.52. The Labute approximate surface area is 59.0 Å². The molecule has 0 bridgehead atoms. The smallest absolute Gasteiger partial charge is 0.405 e. The molecule has 0 heterocycles. The number of hydrogen-bond donors (Lipinski definition) is 2. The van der Waals surface area contributed by atoms with Crippen molar-refractivity contribution in [2.75, 3.05) is 6.26 Å². The van der Waals surface area contributed by atoms with Gasteiger partial charge in [-0.1, -0.05) is 0 Å². The van der Waals surface area contributed by atoms with Crippen LogP contribution in [0.4, 0.5) is 4.79 Å². The molecule has 0 spiro atoms. The van der Waals surface area contributed by atoms with Gasteiger partial charge >= 0.3 is 6.09 Å². The van der Waals surface area contributed by atoms with Gasteiger partial charge in [0.25, 0.3) is 0 Å². The van der Waals surface area contributed by atoms with Crippen molar-refractivity contribution >= 4 is 15.9 Å². The van der Waals surface area contributed by atoms with E-state index in [0.29, 0.717) is 0 Å². The van der Waals surface area contributed by atoms with Gasteiger partial charge < -0.3 is 10.4 Å². The van der Waals surface area contributed by atoms with E-state index in [-0.39, 0.29) is 0 Å². The van der Waals surface area contributed by atoms with Crippen LogP contribution in [0.3, 0.4) is 0 Å². The van der Waals surface area contributed by atoms with Crippen molar-refractivity contribution in [3.63, 3.8) is 0 Å². The van der Waals surface area contributed by atoms with E-state index in [2.05, 4.69) is 0 Å². The molecule has 2 N–H and O–H groups in total. The SMILES string of the molecule is CC(NC(=O)O)S(C)(=O)=O. The summed E-state index contributed by atoms with van der Waals surface area (Å²) in [4.78, 5) is 9.88. The quantitative estimate of drug-likeness (QED) is 0.588. The molecule has 0 aliphatic heterocycles. The minimum atomic E-state index is -3.29. The molecule has 0 rings (SSSR count). The Morgan fingerprint density at radius 3 is 2.10 bits per heavy atom. The standard InChI is InChI=1S/C4H9NO4S/c1-3(5-4(6)7)10(2,8)9/h3,5H,1-2H3,(H,6,7). The molecule has 1 amide bonds. The van der Waals surface area contributed by atoms with Crippen LogP contribution in [0.1, 0.15) is 6.92 Å². The van der Waals surface area contributed by atoms with Crippen LogP contribution in [-0.4, -0.2) is 31.2 Å². The zero-order valence-corrected chi connectivity index (χ0v) is 6.47. The van der Waals surface area contributed by atoms with E-state index < -0.39 is 21.3 Å². The molecule has 0 aromatic heterocycles. The number of amides is 1. The lowest BCUT2D eigenvalue weighted by Crippen LogP contribution is -2.36. The highest BCUT2D eigenvalue weighted by molar-refractivity contribution is 7.91. The maximum Gasteiger partial charge on any atom is 0.405 e. The molecule has 0 saturated carbocycles. The first-order valence-corrected chi connectivity index (χ1v) is 4.48. The summed E-state index contributed by atoms with van der Waals surface area (Å²) in [6.45, 7) is 1.27. The summed E-state index contributed by atoms with van der Waals surface area (Å²) in [5, 5.41) is 8.85. The Morgan fingerprint density at radius 1 is 1.60 bits per heavy atom. The second-order valence-corrected chi connectivity index (χ2v) is 4.29. The lowest BCUT2D eigenvalue weighted by Gasteiger charge is -2.07. The summed E-state index contributed by atoms with van der Waals surface area (Å²) < 4.78 is 21.1. The van der Waals surface area contributed by atoms with Crippen molar-refractivity contribution in [3.8, 4) is 0 Å². The lowest BCUT2D eigenvalue weighted by molar-refractivity contribution is 0.193. The summed E-state index contributed by atoms with van der Waals surface area (Å²) in [6.07, 6.45) is -0.369. The van der Waals surface area contributed by atoms with Crippen LogP contribution in [0.5, 0.6) is 0 Å². The van der Waals surface area contributed by atoms with Crippen molar-refractivity contribution in [1.29, 1.82) is 0 Å². The predicted octanol–water partition coefficient (Wildman–Crippen LogP) is -0.355. The molecule has 1 atom stereocenters. The van der Waals surface area contributed by atoms with Crippen molar-refractivity contribution in [2.24, 2.45) is 0 Å². The van der Waals surface area contributed by atoms with Gasteiger partial charge in [0.15, 0.2) is 9.84 Å². The first-order chi connectivity index (χ1) is 4.34. The summed E-state index contributed by atoms with van der Waals surface area (Å²) >= 11 is 0. The molecule has 10 heavy (non-hydrogen) atoms. The number of carboxylic acid groups (broad SMARTS) is 1. The van der Waals surface area contributed by atoms with Gasteiger partial charge in [0, 0.05) is 6.26 Å². The Morgan fingerprint density at radius 2 is 2.00 bits per heavy atom. The van der Waals surface area contributed by atoms with Crippen molar-refractivity contribution in [1.82, 2.24) is 5.32 Å². The molecule has 0 radical (unpaired) electrons. The van der Waals surface area contributed by atoms with E-state index in [4.69, 9.17) is 5.11 Å². The van der Waals surface area contributed by atoms with E-state index in [9.17, 15) is 13.2 Å². The van der Waals surface area contributed by atoms with Crippen molar-refractivity contribution in [2.45, 2.75) is 12.3 Å². The van der Waals surface area contributed by atoms with Crippen LogP contribution in [-0.2, 0) is 9.84 Å². The van der Waals surface area contributed by atoms with Crippen LogP contribution in [0, 0.1) is 0 Å². The summed E-state index contributed by atoms with van der Waals surface area (Å²) in [7, 11) is -3.29. The van der Waals surface area contributed by atoms with Gasteiger partial charge in [0.2, 0.25) is 0 Å². The zero-order valence-electron chi connectivity index (χ0n) is 5.66. The molecule has 0 saturated heterocycles. The van der Waals surface area contributed by atoms with Crippen LogP contribution >= 0.6 is 0 Å². The van der Waals surface area contributed by atoms with Gasteiger partial charge in [0.1, 0.15) is 5.37 Å². The largest absolute Gasteiger partial charge is 0.465 e. The second kappa shape index (κ2) is 2.87. The highest BCUT2D eigenvalue weighted by Crippen LogP contribution is 1.91. The third-order valence-electron chi connectivity index (χ3n) is 0.969. The lowest BCUT2D eigenvalue weighted by atomic mass is 10.7. The summed E-state index contributed by atoms with van der Waals surface area (Å²) in [5.41, 5.74) is 0. The molecular formula is C4H9NO4S. The summed E-state index contributed by atoms with van der Waals surface area (Å²) in [6, 6.07) is 0. The van der Waals surface area contributed by atoms with E-state index >= 15 is 0 Å². The highest BCUT2D eigenvalue weighted by atomic mass is 32.2. The van der Waals surface area contributed by atoms with E-state index in [0.717, 1.165) is 6.26 Å². The van der Waals surface area contributed by atoms with Crippen LogP contribution in [0.2, 0.25) is 0 Å². The van der Waals surface area contributed by atoms with Gasteiger partial charge in [-0.3, -0.25) is 0 Å². The average molecular weight is 167 g/mol. The monoisotopic (exact) mass is 167 g/mol. The molecule has 0 aromatic carbocycles. The van der Waals surface area contributed by atoms with Gasteiger partial charge in [-0.05, 0) is 6.92 Å². The van der Waals surface area contributed by atoms with Gasteiger partial charge in [-0.25, -0.2) is 13.2 Å². The maximum atomic E-state index is 10.5. The molecule has 0 aliphatic carbocycles. The van der Waals surface area contributed by atoms with Crippen LogP contribution in [0.25, 0.3) is 0 Å². The van der Waals surface area contributed by atoms with Gasteiger partial charge in [-0.2, -0.15) is 0 Å². The topological polar surface area (TPSA) is 83.5 Å². The molecule has 6 heteroatoms. The van der Waals surface area contributed by atoms with E-state index in [1.54, 1.807) is 0 Å². The molecule has 0 aliphatic rings. The number of nitrogens with one attached hydrogen (secondary N) is 1. The van der Waals surface area contributed by atoms with Crippen molar-refractivity contribution < 1.29 is 18.3 Å². The molecule has 1 unspecified atom stereocenters. The number of carbonyl (C=O) groups is 1. The number of sulfone groups is 1. The minimum Gasteiger partial charge on any atom is -0.465 e. The van der Waals surface area contributed by atoms with E-state index in [1.807, 2.05) is 5.32 Å². The van der Waals surface area contributed by atoms with Crippen molar-refractivity contribution in [3.05, 3.63) is 0 Å². The highest BCUT2D eigenvalue weighted by Gasteiger charge is 2.15. The zero-order chi connectivity index (χ0) is 8.36. The maximum absolute atomic E-state index is 10.5. The molecule has 0 fully saturated rings. The first kappa shape index (κ1) is 9.22. The Kier molecular flexibility index (Phi) is 2.65. The fourth-order valence-corrected chi connectivity index (χ4v) is 0.596. The van der Waals surface area contributed by atoms with Crippen LogP contribution in [0.15, 0.2) is 0 Å². The molecule has 5 nitrogen and oxygen atoms in total. The Balaban J connectivity index is 4.12. The normalized spacial score (nSPS) is 14.2. The third kappa shape index (κ3) is 3.29. The van der Waals surface area contributed by atoms with E-state index in [1.165, 1.54) is 6.92 Å². The fourth-order valence-electron chi connectivity index (χ4n) is 0.281. The number of hydrogen-bond acceptors (Lipinski definition) is 3. The second-order valence-electron chi connectivity index (χ2n) is 1.92. The fraction of sp³-hybridized carbons (Fsp3) is 0.750. The van der Waals surface area contributed by atoms with Gasteiger partial charge in [0.05, 0.1) is 0 Å². The van der Waals surface area contributed by atoms with Gasteiger partial charge in [-0.15, -0.1) is 0 Å².